The van der Waals surface area contributed by atoms with E-state index in [2.05, 4.69) is 122 Å². The van der Waals surface area contributed by atoms with Crippen molar-refractivity contribution in [3.8, 4) is 11.5 Å². The molecule has 4 aromatic carbocycles. The lowest BCUT2D eigenvalue weighted by atomic mass is 9.85. The zero-order valence-electron chi connectivity index (χ0n) is 40.7. The minimum Gasteiger partial charge on any atom is -0.497 e. The van der Waals surface area contributed by atoms with Crippen molar-refractivity contribution in [2.45, 2.75) is 127 Å². The van der Waals surface area contributed by atoms with Crippen LogP contribution in [0.25, 0.3) is 0 Å². The Morgan fingerprint density at radius 2 is 1.32 bits per heavy atom. The van der Waals surface area contributed by atoms with Crippen LogP contribution in [0.2, 0.25) is 23.2 Å². The lowest BCUT2D eigenvalue weighted by molar-refractivity contribution is -0.141. The number of alkyl halides is 3. The zero-order chi connectivity index (χ0) is 48.4. The van der Waals surface area contributed by atoms with E-state index in [-0.39, 0.29) is 30.3 Å². The Morgan fingerprint density at radius 3 is 1.83 bits per heavy atom. The van der Waals surface area contributed by atoms with Gasteiger partial charge in [-0.25, -0.2) is 0 Å². The average molecular weight is 1020 g/mol. The second-order valence-corrected chi connectivity index (χ2v) is 30.2. The number of hydrogen-bond donors (Lipinski definition) is 0. The highest BCUT2D eigenvalue weighted by atomic mass is 35.6. The standard InChI is InChI=1S/C53H73Cl3O7SSi2/c1-11-65(12-2,13-3)63-49(51(64)62-45-31-27-40(4)28-32-45)26-20-25-48(60-39-58-38-53(54,55)56)50(59-37-43-29-33-44(57-10)34-30-43)42(6)41(5)35-36-61-66(52(7,8)9,46-21-16-14-17-22-46)47-23-18-15-19-24-47/h14-25,27-34,41-42,48-50H,11-13,26,35-39H2,1-10H3/b25-20-/t41-,42+,48-,49+,50+/m0/s1. The van der Waals surface area contributed by atoms with E-state index in [1.807, 2.05) is 61.5 Å². The molecule has 13 heteroatoms. The normalized spacial score (nSPS) is 15.0. The van der Waals surface area contributed by atoms with Gasteiger partial charge in [-0.3, -0.25) is 0 Å². The fourth-order valence-electron chi connectivity index (χ4n) is 8.37. The molecule has 0 saturated heterocycles. The van der Waals surface area contributed by atoms with Crippen molar-refractivity contribution in [2.75, 3.05) is 27.1 Å². The van der Waals surface area contributed by atoms with E-state index < -0.39 is 38.7 Å². The van der Waals surface area contributed by atoms with Gasteiger partial charge in [0.1, 0.15) is 30.5 Å². The second-order valence-electron chi connectivity index (χ2n) is 18.2. The van der Waals surface area contributed by atoms with Crippen LogP contribution in [0.1, 0.15) is 79.4 Å². The summed E-state index contributed by atoms with van der Waals surface area (Å²) in [5.74, 6) is 1.58. The van der Waals surface area contributed by atoms with Crippen molar-refractivity contribution < 1.29 is 32.5 Å². The van der Waals surface area contributed by atoms with Gasteiger partial charge in [0.15, 0.2) is 13.4 Å². The molecule has 362 valence electrons. The molecule has 7 nitrogen and oxygen atoms in total. The summed E-state index contributed by atoms with van der Waals surface area (Å²) in [6.45, 7) is 20.7. The van der Waals surface area contributed by atoms with E-state index in [0.29, 0.717) is 30.4 Å². The van der Waals surface area contributed by atoms with Crippen LogP contribution in [0.4, 0.5) is 0 Å². The van der Waals surface area contributed by atoms with Crippen LogP contribution in [0, 0.1) is 18.8 Å². The fraction of sp³-hybridized carbons (Fsp3) is 0.491. The topological polar surface area (TPSA) is 64.6 Å². The summed E-state index contributed by atoms with van der Waals surface area (Å²) in [7, 11) is -3.21. The number of rotatable bonds is 27. The van der Waals surface area contributed by atoms with Crippen molar-refractivity contribution in [3.05, 3.63) is 132 Å². The van der Waals surface area contributed by atoms with Gasteiger partial charge in [-0.15, -0.1) is 0 Å². The molecule has 0 aromatic heterocycles. The van der Waals surface area contributed by atoms with E-state index in [4.69, 9.17) is 79.6 Å². The summed E-state index contributed by atoms with van der Waals surface area (Å²) < 4.78 is 43.9. The van der Waals surface area contributed by atoms with E-state index in [1.165, 1.54) is 10.4 Å². The number of methoxy groups -OCH3 is 1. The van der Waals surface area contributed by atoms with Crippen LogP contribution in [0.3, 0.4) is 0 Å². The Kier molecular flexibility index (Phi) is 22.9. The Labute approximate surface area is 419 Å². The molecular weight excluding hydrogens is 943 g/mol. The minimum atomic E-state index is -2.75. The van der Waals surface area contributed by atoms with Gasteiger partial charge in [0.2, 0.25) is 3.79 Å². The number of ether oxygens (including phenoxy) is 5. The lowest BCUT2D eigenvalue weighted by Crippen LogP contribution is -2.66. The first kappa shape index (κ1) is 56.0. The third-order valence-electron chi connectivity index (χ3n) is 12.8. The Balaban J connectivity index is 1.69. The van der Waals surface area contributed by atoms with Gasteiger partial charge in [0, 0.05) is 6.61 Å². The quantitative estimate of drug-likeness (QED) is 0.0146. The largest absolute Gasteiger partial charge is 0.497 e. The Bertz CT molecular complexity index is 1980. The average Bonchev–Trinajstić information content (AvgIpc) is 3.30. The van der Waals surface area contributed by atoms with Crippen LogP contribution in [-0.4, -0.2) is 70.9 Å². The van der Waals surface area contributed by atoms with Gasteiger partial charge >= 0.3 is 0 Å². The van der Waals surface area contributed by atoms with Crippen LogP contribution in [-0.2, 0) is 29.7 Å². The summed E-state index contributed by atoms with van der Waals surface area (Å²) in [6, 6.07) is 40.2. The highest BCUT2D eigenvalue weighted by Gasteiger charge is 2.50. The van der Waals surface area contributed by atoms with E-state index in [9.17, 15) is 0 Å². The van der Waals surface area contributed by atoms with Gasteiger partial charge in [-0.05, 0) is 107 Å². The monoisotopic (exact) mass is 1010 g/mol. The number of halogens is 3. The molecule has 0 spiro atoms. The molecule has 5 atom stereocenters. The summed E-state index contributed by atoms with van der Waals surface area (Å²) in [4.78, 5) is 0. The number of hydrogen-bond acceptors (Lipinski definition) is 8. The summed E-state index contributed by atoms with van der Waals surface area (Å²) >= 11 is 24.3. The first-order valence-corrected chi connectivity index (χ1v) is 29.3. The molecule has 0 saturated carbocycles. The zero-order valence-corrected chi connectivity index (χ0v) is 45.8. The van der Waals surface area contributed by atoms with E-state index >= 15 is 0 Å². The highest BCUT2D eigenvalue weighted by molar-refractivity contribution is 7.80. The predicted molar refractivity (Wildman–Crippen MR) is 284 cm³/mol. The van der Waals surface area contributed by atoms with Crippen molar-refractivity contribution >= 4 is 79.1 Å². The third kappa shape index (κ3) is 16.5. The summed E-state index contributed by atoms with van der Waals surface area (Å²) in [5.41, 5.74) is 2.14. The van der Waals surface area contributed by atoms with Gasteiger partial charge in [0.05, 0.1) is 26.4 Å². The molecule has 0 unspecified atom stereocenters. The number of aryl methyl sites for hydroxylation is 1. The molecule has 4 aromatic rings. The molecule has 4 rings (SSSR count). The van der Waals surface area contributed by atoms with Crippen LogP contribution < -0.4 is 19.8 Å². The smallest absolute Gasteiger partial charge is 0.261 e. The number of benzene rings is 4. The maximum Gasteiger partial charge on any atom is 0.261 e. The van der Waals surface area contributed by atoms with Crippen LogP contribution in [0.5, 0.6) is 11.5 Å². The number of thiocarbonyl (C=S) groups is 1. The SMILES string of the molecule is CC[Si](CC)(CC)O[C@H](C/C=C\[C@H](OCOCC(Cl)(Cl)Cl)[C@H](OCc1ccc(OC)cc1)[C@H](C)[C@@H](C)CCO[Si](c1ccccc1)(c1ccccc1)C(C)(C)C)C(=S)Oc1ccc(C)cc1. The molecule has 0 aliphatic carbocycles. The van der Waals surface area contributed by atoms with Crippen molar-refractivity contribution in [2.24, 2.45) is 11.8 Å². The van der Waals surface area contributed by atoms with E-state index in [1.54, 1.807) is 7.11 Å². The van der Waals surface area contributed by atoms with Crippen LogP contribution >= 0.6 is 47.0 Å². The molecule has 66 heavy (non-hydrogen) atoms. The van der Waals surface area contributed by atoms with Gasteiger partial charge in [-0.2, -0.15) is 0 Å². The molecule has 0 aliphatic rings. The van der Waals surface area contributed by atoms with Crippen LogP contribution in [0.15, 0.2) is 121 Å². The minimum absolute atomic E-state index is 0.0212. The maximum absolute atomic E-state index is 7.37. The molecule has 0 aliphatic heterocycles. The van der Waals surface area contributed by atoms with Crippen molar-refractivity contribution in [1.82, 2.24) is 0 Å². The second kappa shape index (κ2) is 27.0. The third-order valence-corrected chi connectivity index (χ3v) is 23.1. The summed E-state index contributed by atoms with van der Waals surface area (Å²) in [5, 5.41) is 2.75. The first-order chi connectivity index (χ1) is 31.4. The van der Waals surface area contributed by atoms with Gasteiger partial charge in [-0.1, -0.05) is 193 Å². The van der Waals surface area contributed by atoms with Gasteiger partial charge in [0.25, 0.3) is 8.32 Å². The maximum atomic E-state index is 7.37. The van der Waals surface area contributed by atoms with Gasteiger partial charge < -0.3 is 32.5 Å². The first-order valence-electron chi connectivity index (χ1n) is 23.3. The summed E-state index contributed by atoms with van der Waals surface area (Å²) in [6.07, 6.45) is 3.89. The Hall–Kier alpha value is -2.59. The van der Waals surface area contributed by atoms with Crippen molar-refractivity contribution in [3.63, 3.8) is 0 Å². The molecule has 0 radical (unpaired) electrons. The molecule has 0 fully saturated rings. The molecule has 0 heterocycles. The molecule has 0 bridgehead atoms. The Morgan fingerprint density at radius 1 is 0.758 bits per heavy atom. The highest BCUT2D eigenvalue weighted by Crippen LogP contribution is 2.38. The predicted octanol–water partition coefficient (Wildman–Crippen LogP) is 13.6. The fourth-order valence-corrected chi connectivity index (χ4v) is 16.3. The van der Waals surface area contributed by atoms with Crippen molar-refractivity contribution in [1.29, 1.82) is 0 Å². The molecular formula is C53H73Cl3O7SSi2. The lowest BCUT2D eigenvalue weighted by Gasteiger charge is -2.43. The molecule has 0 N–H and O–H groups in total. The van der Waals surface area contributed by atoms with E-state index in [0.717, 1.165) is 41.4 Å². The molecule has 0 amide bonds.